The topological polar surface area (TPSA) is 121 Å². The van der Waals surface area contributed by atoms with Crippen LogP contribution in [0.25, 0.3) is 16.9 Å². The van der Waals surface area contributed by atoms with Gasteiger partial charge in [0, 0.05) is 75.5 Å². The van der Waals surface area contributed by atoms with Crippen LogP contribution < -0.4 is 24.8 Å². The molecule has 0 bridgehead atoms. The van der Waals surface area contributed by atoms with Crippen LogP contribution in [0.4, 0.5) is 32.1 Å². The minimum atomic E-state index is -1.02. The van der Waals surface area contributed by atoms with Crippen molar-refractivity contribution in [2.24, 2.45) is 5.41 Å². The number of benzene rings is 2. The number of anilines is 4. The highest BCUT2D eigenvalue weighted by atomic mass is 19.1. The number of ether oxygens (including phenoxy) is 2. The van der Waals surface area contributed by atoms with Crippen LogP contribution in [0.3, 0.4) is 0 Å². The van der Waals surface area contributed by atoms with E-state index < -0.39 is 23.7 Å². The molecule has 1 saturated carbocycles. The average molecular weight is 788 g/mol. The van der Waals surface area contributed by atoms with E-state index in [0.29, 0.717) is 31.0 Å². The van der Waals surface area contributed by atoms with E-state index in [9.17, 15) is 14.0 Å². The molecule has 0 radical (unpaired) electrons. The molecular formula is C44H50FN9O4. The molecule has 3 fully saturated rings. The van der Waals surface area contributed by atoms with Crippen LogP contribution in [-0.2, 0) is 17.7 Å². The standard InChI is InChI=1S/C44H50FN9O4/c1-43(2,3)58-42(56)51-19-16-44(17-20-51)26-52(27-44)29-11-14-34(46-23-29)31-7-6-8-36-32(31)15-18-53(36)39-22-37(50(4)25-28-9-12-30(57-5)13-10-28)40-47-24-38(54(40)49-39)41(55)48-35-21-33(35)45/h6-14,22-24,33,35H,15-21,25-27H2,1-5H3,(H,48,55)/t33-,35+/m0/s1. The molecule has 1 N–H and O–H groups in total. The van der Waals surface area contributed by atoms with Crippen molar-refractivity contribution in [3.8, 4) is 17.0 Å². The largest absolute Gasteiger partial charge is 0.497 e. The molecule has 13 nitrogen and oxygen atoms in total. The number of fused-ring (bicyclic) bond motifs is 2. The Kier molecular flexibility index (Phi) is 9.39. The van der Waals surface area contributed by atoms with Crippen molar-refractivity contribution in [3.63, 3.8) is 0 Å². The van der Waals surface area contributed by atoms with Crippen LogP contribution in [0.5, 0.6) is 5.75 Å². The summed E-state index contributed by atoms with van der Waals surface area (Å²) < 4.78 is 26.3. The van der Waals surface area contributed by atoms with E-state index in [-0.39, 0.29) is 17.2 Å². The molecule has 14 heteroatoms. The lowest BCUT2D eigenvalue weighted by molar-refractivity contribution is 0.00596. The van der Waals surface area contributed by atoms with Gasteiger partial charge in [0.1, 0.15) is 17.5 Å². The van der Waals surface area contributed by atoms with Crippen molar-refractivity contribution in [1.29, 1.82) is 0 Å². The van der Waals surface area contributed by atoms with Gasteiger partial charge < -0.3 is 34.4 Å². The third kappa shape index (κ3) is 7.24. The zero-order chi connectivity index (χ0) is 40.3. The van der Waals surface area contributed by atoms with Crippen molar-refractivity contribution in [3.05, 3.63) is 89.9 Å². The summed E-state index contributed by atoms with van der Waals surface area (Å²) in [4.78, 5) is 44.1. The molecule has 1 aliphatic carbocycles. The molecule has 3 aromatic heterocycles. The van der Waals surface area contributed by atoms with Crippen LogP contribution in [-0.4, -0.2) is 101 Å². The number of nitrogens with zero attached hydrogens (tertiary/aromatic N) is 8. The van der Waals surface area contributed by atoms with E-state index in [1.165, 1.54) is 11.8 Å². The number of aromatic nitrogens is 4. The number of imidazole rings is 1. The minimum absolute atomic E-state index is 0.219. The lowest BCUT2D eigenvalue weighted by Crippen LogP contribution is -2.61. The van der Waals surface area contributed by atoms with Gasteiger partial charge in [-0.2, -0.15) is 0 Å². The molecule has 9 rings (SSSR count). The van der Waals surface area contributed by atoms with Crippen LogP contribution >= 0.6 is 0 Å². The van der Waals surface area contributed by atoms with Gasteiger partial charge in [-0.15, -0.1) is 5.10 Å². The highest BCUT2D eigenvalue weighted by Crippen LogP contribution is 2.44. The van der Waals surface area contributed by atoms with E-state index >= 15 is 0 Å². The van der Waals surface area contributed by atoms with E-state index in [1.807, 2.05) is 69.2 Å². The number of hydrogen-bond donors (Lipinski definition) is 1. The quantitative estimate of drug-likeness (QED) is 0.171. The third-order valence-corrected chi connectivity index (χ3v) is 11.9. The molecular weight excluding hydrogens is 738 g/mol. The maximum atomic E-state index is 13.8. The number of methoxy groups -OCH3 is 1. The second-order valence-electron chi connectivity index (χ2n) is 17.2. The maximum Gasteiger partial charge on any atom is 0.410 e. The number of pyridine rings is 1. The Hall–Kier alpha value is -5.92. The van der Waals surface area contributed by atoms with Crippen molar-refractivity contribution in [1.82, 2.24) is 29.8 Å². The van der Waals surface area contributed by atoms with Crippen LogP contribution in [0.15, 0.2) is 73.1 Å². The lowest BCUT2D eigenvalue weighted by atomic mass is 9.72. The first kappa shape index (κ1) is 37.6. The summed E-state index contributed by atoms with van der Waals surface area (Å²) in [5.41, 5.74) is 7.71. The number of alkyl halides is 1. The molecule has 2 amide bonds. The molecule has 2 saturated heterocycles. The number of rotatable bonds is 9. The Bertz CT molecular complexity index is 2340. The number of likely N-dealkylation sites (tertiary alicyclic amines) is 1. The normalized spacial score (nSPS) is 19.5. The first-order valence-electron chi connectivity index (χ1n) is 20.1. The number of halogens is 1. The molecule has 3 aliphatic heterocycles. The fraction of sp³-hybridized carbons (Fsp3) is 0.432. The van der Waals surface area contributed by atoms with Gasteiger partial charge in [0.25, 0.3) is 5.91 Å². The van der Waals surface area contributed by atoms with Gasteiger partial charge in [-0.3, -0.25) is 9.78 Å². The Morgan fingerprint density at radius 1 is 1.00 bits per heavy atom. The summed E-state index contributed by atoms with van der Waals surface area (Å²) in [7, 11) is 3.65. The fourth-order valence-corrected chi connectivity index (χ4v) is 8.55. The van der Waals surface area contributed by atoms with Crippen molar-refractivity contribution in [2.45, 2.75) is 70.8 Å². The van der Waals surface area contributed by atoms with Crippen LogP contribution in [0, 0.1) is 5.41 Å². The highest BCUT2D eigenvalue weighted by molar-refractivity contribution is 5.94. The summed E-state index contributed by atoms with van der Waals surface area (Å²) in [6.45, 7) is 10.3. The second-order valence-corrected chi connectivity index (χ2v) is 17.2. The zero-order valence-corrected chi connectivity index (χ0v) is 33.7. The van der Waals surface area contributed by atoms with Crippen LogP contribution in [0.1, 0.15) is 61.6 Å². The number of piperidine rings is 1. The van der Waals surface area contributed by atoms with E-state index in [2.05, 4.69) is 55.3 Å². The summed E-state index contributed by atoms with van der Waals surface area (Å²) >= 11 is 0. The molecule has 2 atom stereocenters. The first-order chi connectivity index (χ1) is 27.9. The summed E-state index contributed by atoms with van der Waals surface area (Å²) in [5, 5.41) is 7.80. The molecule has 302 valence electrons. The molecule has 4 aliphatic rings. The molecule has 2 aromatic carbocycles. The number of amides is 2. The fourth-order valence-electron chi connectivity index (χ4n) is 8.55. The SMILES string of the molecule is COc1ccc(CN(C)c2cc(N3CCc4c(-c5ccc(N6CC7(CCN(C(=O)OC(C)(C)C)CC7)C6)cn5)cccc43)nn3c(C(=O)N[C@@H]4C[C@@H]4F)cnc23)cc1. The molecule has 5 aromatic rings. The first-order valence-corrected chi connectivity index (χ1v) is 20.1. The number of nitrogens with one attached hydrogen (secondary N) is 1. The lowest BCUT2D eigenvalue weighted by Gasteiger charge is -2.54. The van der Waals surface area contributed by atoms with E-state index in [0.717, 1.165) is 85.1 Å². The molecule has 0 unspecified atom stereocenters. The second kappa shape index (κ2) is 14.5. The van der Waals surface area contributed by atoms with Gasteiger partial charge in [-0.1, -0.05) is 24.3 Å². The Morgan fingerprint density at radius 2 is 1.76 bits per heavy atom. The third-order valence-electron chi connectivity index (χ3n) is 11.9. The summed E-state index contributed by atoms with van der Waals surface area (Å²) in [6.07, 6.45) is 5.30. The smallest absolute Gasteiger partial charge is 0.410 e. The van der Waals surface area contributed by atoms with Crippen molar-refractivity contribution in [2.75, 3.05) is 61.6 Å². The Balaban J connectivity index is 0.943. The van der Waals surface area contributed by atoms with Gasteiger partial charge >= 0.3 is 6.09 Å². The Labute approximate surface area is 337 Å². The average Bonchev–Trinajstić information content (AvgIpc) is 3.52. The minimum Gasteiger partial charge on any atom is -0.497 e. The Morgan fingerprint density at radius 3 is 2.43 bits per heavy atom. The van der Waals surface area contributed by atoms with Gasteiger partial charge in [0.2, 0.25) is 0 Å². The van der Waals surface area contributed by atoms with Gasteiger partial charge in [0.15, 0.2) is 17.2 Å². The predicted octanol–water partition coefficient (Wildman–Crippen LogP) is 6.81. The van der Waals surface area contributed by atoms with Crippen molar-refractivity contribution < 1.29 is 23.5 Å². The number of hydrogen-bond acceptors (Lipinski definition) is 10. The molecule has 58 heavy (non-hydrogen) atoms. The van der Waals surface area contributed by atoms with Gasteiger partial charge in [-0.25, -0.2) is 18.7 Å². The zero-order valence-electron chi connectivity index (χ0n) is 33.7. The predicted molar refractivity (Wildman–Crippen MR) is 221 cm³/mol. The van der Waals surface area contributed by atoms with Crippen molar-refractivity contribution >= 4 is 40.5 Å². The summed E-state index contributed by atoms with van der Waals surface area (Å²) in [6, 6.07) is 20.0. The monoisotopic (exact) mass is 787 g/mol. The van der Waals surface area contributed by atoms with E-state index in [1.54, 1.807) is 11.6 Å². The highest BCUT2D eigenvalue weighted by Gasteiger charge is 2.46. The molecule has 6 heterocycles. The maximum absolute atomic E-state index is 13.8. The van der Waals surface area contributed by atoms with Crippen LogP contribution in [0.2, 0.25) is 0 Å². The van der Waals surface area contributed by atoms with E-state index in [4.69, 9.17) is 19.6 Å². The number of carbonyl (C=O) groups is 2. The summed E-state index contributed by atoms with van der Waals surface area (Å²) in [5.74, 6) is 1.06. The number of carbonyl (C=O) groups excluding carboxylic acids is 2. The van der Waals surface area contributed by atoms with Gasteiger partial charge in [-0.05, 0) is 81.5 Å². The molecule has 1 spiro atoms. The van der Waals surface area contributed by atoms with Gasteiger partial charge in [0.05, 0.1) is 42.6 Å².